The van der Waals surface area contributed by atoms with Crippen LogP contribution in [0, 0.1) is 5.92 Å². The Morgan fingerprint density at radius 2 is 1.90 bits per heavy atom. The highest BCUT2D eigenvalue weighted by atomic mass is 16.5. The quantitative estimate of drug-likeness (QED) is 0.917. The SMILES string of the molecule is CC1CCCC(Nc2ccc(CN3CCOCC3)cc2)C1. The number of morpholine rings is 1. The van der Waals surface area contributed by atoms with Gasteiger partial charge in [-0.3, -0.25) is 4.90 Å². The molecule has 1 aromatic carbocycles. The largest absolute Gasteiger partial charge is 0.382 e. The lowest BCUT2D eigenvalue weighted by Gasteiger charge is -2.28. The standard InChI is InChI=1S/C18H28N2O/c1-15-3-2-4-18(13-15)19-17-7-5-16(6-8-17)14-20-9-11-21-12-10-20/h5-8,15,18-19H,2-4,9-14H2,1H3. The van der Waals surface area contributed by atoms with E-state index in [1.54, 1.807) is 0 Å². The molecule has 1 saturated carbocycles. The number of anilines is 1. The molecule has 21 heavy (non-hydrogen) atoms. The van der Waals surface area contributed by atoms with Crippen LogP contribution in [0.2, 0.25) is 0 Å². The number of rotatable bonds is 4. The fraction of sp³-hybridized carbons (Fsp3) is 0.667. The predicted molar refractivity (Wildman–Crippen MR) is 87.6 cm³/mol. The Kier molecular flexibility index (Phi) is 5.15. The van der Waals surface area contributed by atoms with E-state index < -0.39 is 0 Å². The van der Waals surface area contributed by atoms with Crippen LogP contribution >= 0.6 is 0 Å². The third kappa shape index (κ3) is 4.45. The Morgan fingerprint density at radius 1 is 1.14 bits per heavy atom. The molecule has 2 atom stereocenters. The molecule has 1 aliphatic heterocycles. The summed E-state index contributed by atoms with van der Waals surface area (Å²) in [5.74, 6) is 0.872. The smallest absolute Gasteiger partial charge is 0.0594 e. The van der Waals surface area contributed by atoms with Crippen molar-refractivity contribution in [1.29, 1.82) is 0 Å². The molecule has 116 valence electrons. The summed E-state index contributed by atoms with van der Waals surface area (Å²) in [7, 11) is 0. The number of ether oxygens (including phenoxy) is 1. The molecule has 3 heteroatoms. The molecule has 1 heterocycles. The molecule has 1 saturated heterocycles. The lowest BCUT2D eigenvalue weighted by Crippen LogP contribution is -2.35. The highest BCUT2D eigenvalue weighted by molar-refractivity contribution is 5.45. The van der Waals surface area contributed by atoms with E-state index in [2.05, 4.69) is 41.4 Å². The predicted octanol–water partition coefficient (Wildman–Crippen LogP) is 3.51. The van der Waals surface area contributed by atoms with Crippen molar-refractivity contribution in [3.05, 3.63) is 29.8 Å². The molecule has 2 unspecified atom stereocenters. The fourth-order valence-electron chi connectivity index (χ4n) is 3.52. The third-order valence-corrected chi connectivity index (χ3v) is 4.77. The summed E-state index contributed by atoms with van der Waals surface area (Å²) in [6, 6.07) is 9.69. The summed E-state index contributed by atoms with van der Waals surface area (Å²) in [6.45, 7) is 7.28. The molecule has 0 bridgehead atoms. The molecule has 0 spiro atoms. The summed E-state index contributed by atoms with van der Waals surface area (Å²) in [5, 5.41) is 3.71. The van der Waals surface area contributed by atoms with Crippen molar-refractivity contribution >= 4 is 5.69 Å². The minimum absolute atomic E-state index is 0.666. The normalized spacial score (nSPS) is 27.5. The highest BCUT2D eigenvalue weighted by Gasteiger charge is 2.18. The molecule has 0 radical (unpaired) electrons. The van der Waals surface area contributed by atoms with E-state index in [-0.39, 0.29) is 0 Å². The van der Waals surface area contributed by atoms with Gasteiger partial charge in [-0.05, 0) is 36.5 Å². The van der Waals surface area contributed by atoms with Gasteiger partial charge in [0.2, 0.25) is 0 Å². The van der Waals surface area contributed by atoms with Crippen LogP contribution in [0.5, 0.6) is 0 Å². The van der Waals surface area contributed by atoms with Crippen LogP contribution in [-0.4, -0.2) is 37.2 Å². The second kappa shape index (κ2) is 7.28. The van der Waals surface area contributed by atoms with Crippen molar-refractivity contribution in [2.24, 2.45) is 5.92 Å². The summed E-state index contributed by atoms with van der Waals surface area (Å²) in [5.41, 5.74) is 2.68. The van der Waals surface area contributed by atoms with Gasteiger partial charge in [0, 0.05) is 31.4 Å². The first-order chi connectivity index (χ1) is 10.3. The summed E-state index contributed by atoms with van der Waals surface area (Å²) < 4.78 is 5.40. The summed E-state index contributed by atoms with van der Waals surface area (Å²) >= 11 is 0. The molecule has 1 aromatic rings. The van der Waals surface area contributed by atoms with E-state index in [0.29, 0.717) is 6.04 Å². The Hall–Kier alpha value is -1.06. The van der Waals surface area contributed by atoms with Gasteiger partial charge in [0.15, 0.2) is 0 Å². The van der Waals surface area contributed by atoms with Crippen molar-refractivity contribution < 1.29 is 4.74 Å². The van der Waals surface area contributed by atoms with E-state index >= 15 is 0 Å². The Morgan fingerprint density at radius 3 is 2.62 bits per heavy atom. The van der Waals surface area contributed by atoms with Crippen molar-refractivity contribution in [3.63, 3.8) is 0 Å². The summed E-state index contributed by atoms with van der Waals surface area (Å²) in [4.78, 5) is 2.47. The monoisotopic (exact) mass is 288 g/mol. The van der Waals surface area contributed by atoms with E-state index in [0.717, 1.165) is 38.8 Å². The van der Waals surface area contributed by atoms with Gasteiger partial charge in [-0.2, -0.15) is 0 Å². The second-order valence-electron chi connectivity index (χ2n) is 6.70. The average molecular weight is 288 g/mol. The third-order valence-electron chi connectivity index (χ3n) is 4.77. The van der Waals surface area contributed by atoms with E-state index in [9.17, 15) is 0 Å². The maximum Gasteiger partial charge on any atom is 0.0594 e. The second-order valence-corrected chi connectivity index (χ2v) is 6.70. The molecule has 2 fully saturated rings. The van der Waals surface area contributed by atoms with Crippen LogP contribution in [0.1, 0.15) is 38.2 Å². The zero-order chi connectivity index (χ0) is 14.5. The van der Waals surface area contributed by atoms with Gasteiger partial charge in [0.25, 0.3) is 0 Å². The first-order valence-electron chi connectivity index (χ1n) is 8.45. The van der Waals surface area contributed by atoms with Crippen molar-refractivity contribution in [2.45, 2.75) is 45.2 Å². The van der Waals surface area contributed by atoms with Crippen LogP contribution in [0.3, 0.4) is 0 Å². The molecule has 1 N–H and O–H groups in total. The first-order valence-corrected chi connectivity index (χ1v) is 8.45. The van der Waals surface area contributed by atoms with Gasteiger partial charge in [-0.25, -0.2) is 0 Å². The fourth-order valence-corrected chi connectivity index (χ4v) is 3.52. The Labute approximate surface area is 128 Å². The lowest BCUT2D eigenvalue weighted by atomic mass is 9.87. The Bertz CT molecular complexity index is 425. The van der Waals surface area contributed by atoms with Gasteiger partial charge in [-0.15, -0.1) is 0 Å². The minimum Gasteiger partial charge on any atom is -0.382 e. The van der Waals surface area contributed by atoms with E-state index in [1.165, 1.54) is 36.9 Å². The topological polar surface area (TPSA) is 24.5 Å². The maximum absolute atomic E-state index is 5.40. The molecule has 1 aliphatic carbocycles. The maximum atomic E-state index is 5.40. The average Bonchev–Trinajstić information content (AvgIpc) is 2.50. The van der Waals surface area contributed by atoms with Gasteiger partial charge in [0.05, 0.1) is 13.2 Å². The molecule has 0 aromatic heterocycles. The molecule has 0 amide bonds. The van der Waals surface area contributed by atoms with Crippen LogP contribution in [0.4, 0.5) is 5.69 Å². The van der Waals surface area contributed by atoms with Gasteiger partial charge >= 0.3 is 0 Å². The van der Waals surface area contributed by atoms with Crippen molar-refractivity contribution in [2.75, 3.05) is 31.6 Å². The first kappa shape index (κ1) is 14.9. The van der Waals surface area contributed by atoms with Crippen LogP contribution in [0.15, 0.2) is 24.3 Å². The zero-order valence-corrected chi connectivity index (χ0v) is 13.2. The van der Waals surface area contributed by atoms with Crippen LogP contribution in [0.25, 0.3) is 0 Å². The van der Waals surface area contributed by atoms with E-state index in [1.807, 2.05) is 0 Å². The molecular formula is C18H28N2O. The highest BCUT2D eigenvalue weighted by Crippen LogP contribution is 2.26. The minimum atomic E-state index is 0.666. The number of hydrogen-bond donors (Lipinski definition) is 1. The summed E-state index contributed by atoms with van der Waals surface area (Å²) in [6.07, 6.45) is 5.40. The number of hydrogen-bond acceptors (Lipinski definition) is 3. The number of nitrogens with one attached hydrogen (secondary N) is 1. The molecule has 3 rings (SSSR count). The molecule has 2 aliphatic rings. The van der Waals surface area contributed by atoms with Crippen LogP contribution in [-0.2, 0) is 11.3 Å². The molecule has 3 nitrogen and oxygen atoms in total. The number of benzene rings is 1. The number of nitrogens with zero attached hydrogens (tertiary/aromatic N) is 1. The van der Waals surface area contributed by atoms with Gasteiger partial charge in [0.1, 0.15) is 0 Å². The Balaban J connectivity index is 1.51. The van der Waals surface area contributed by atoms with E-state index in [4.69, 9.17) is 4.74 Å². The van der Waals surface area contributed by atoms with Gasteiger partial charge in [-0.1, -0.05) is 31.9 Å². The zero-order valence-electron chi connectivity index (χ0n) is 13.2. The van der Waals surface area contributed by atoms with Crippen LogP contribution < -0.4 is 5.32 Å². The molecular weight excluding hydrogens is 260 g/mol. The lowest BCUT2D eigenvalue weighted by molar-refractivity contribution is 0.0342. The van der Waals surface area contributed by atoms with Crippen molar-refractivity contribution in [1.82, 2.24) is 4.90 Å². The van der Waals surface area contributed by atoms with Crippen molar-refractivity contribution in [3.8, 4) is 0 Å². The van der Waals surface area contributed by atoms with Gasteiger partial charge < -0.3 is 10.1 Å².